The summed E-state index contributed by atoms with van der Waals surface area (Å²) in [4.78, 5) is 25.8. The zero-order chi connectivity index (χ0) is 25.7. The largest absolute Gasteiger partial charge is 0.378 e. The van der Waals surface area contributed by atoms with Crippen LogP contribution in [0.1, 0.15) is 47.7 Å². The number of pyridine rings is 1. The molecular weight excluding hydrogens is 482 g/mol. The molecule has 1 N–H and O–H groups in total. The summed E-state index contributed by atoms with van der Waals surface area (Å²) in [6.07, 6.45) is 4.90. The number of hydrogen-bond acceptors (Lipinski definition) is 4. The van der Waals surface area contributed by atoms with Gasteiger partial charge in [0.05, 0.1) is 18.7 Å². The lowest BCUT2D eigenvalue weighted by Crippen LogP contribution is -2.41. The first-order valence-corrected chi connectivity index (χ1v) is 14.9. The molecule has 1 aliphatic carbocycles. The normalized spacial score (nSPS) is 17.7. The Bertz CT molecular complexity index is 1660. The van der Waals surface area contributed by atoms with Crippen LogP contribution in [0.15, 0.2) is 47.5 Å². The molecule has 1 saturated heterocycles. The fourth-order valence-electron chi connectivity index (χ4n) is 5.64. The van der Waals surface area contributed by atoms with Gasteiger partial charge in [0.2, 0.25) is 0 Å². The number of carbonyl (C=O) groups excluding carboxylic acids is 1. The van der Waals surface area contributed by atoms with Crippen LogP contribution in [0.4, 0.5) is 0 Å². The van der Waals surface area contributed by atoms with Gasteiger partial charge in [0.15, 0.2) is 0 Å². The van der Waals surface area contributed by atoms with E-state index in [1.54, 1.807) is 0 Å². The van der Waals surface area contributed by atoms with Crippen molar-refractivity contribution in [2.24, 2.45) is 0 Å². The van der Waals surface area contributed by atoms with Gasteiger partial charge in [0.1, 0.15) is 5.65 Å². The molecule has 0 radical (unpaired) electrons. The average Bonchev–Trinajstić information content (AvgIpc) is 3.27. The highest BCUT2D eigenvalue weighted by Crippen LogP contribution is 2.39. The summed E-state index contributed by atoms with van der Waals surface area (Å²) in [5.41, 5.74) is 6.36. The van der Waals surface area contributed by atoms with Gasteiger partial charge >= 0.3 is 0 Å². The summed E-state index contributed by atoms with van der Waals surface area (Å²) < 4.78 is 19.6. The first-order chi connectivity index (χ1) is 17.9. The molecule has 192 valence electrons. The lowest BCUT2D eigenvalue weighted by atomic mass is 9.93. The van der Waals surface area contributed by atoms with E-state index in [-0.39, 0.29) is 5.91 Å². The Morgan fingerprint density at radius 3 is 2.62 bits per heavy atom. The third-order valence-electron chi connectivity index (χ3n) is 7.96. The van der Waals surface area contributed by atoms with Crippen molar-refractivity contribution in [2.45, 2.75) is 44.9 Å². The topological polar surface area (TPSA) is 75.3 Å². The number of fused-ring (bicyclic) bond motifs is 3. The van der Waals surface area contributed by atoms with E-state index in [9.17, 15) is 9.00 Å². The van der Waals surface area contributed by atoms with E-state index in [4.69, 9.17) is 4.74 Å². The minimum Gasteiger partial charge on any atom is -0.378 e. The van der Waals surface area contributed by atoms with Crippen LogP contribution in [-0.2, 0) is 14.3 Å². The number of aromatic nitrogens is 2. The van der Waals surface area contributed by atoms with Gasteiger partial charge in [-0.15, -0.1) is 0 Å². The second kappa shape index (κ2) is 9.30. The Labute approximate surface area is 218 Å². The first kappa shape index (κ1) is 24.2. The molecule has 6 nitrogen and oxygen atoms in total. The van der Waals surface area contributed by atoms with Crippen molar-refractivity contribution in [1.29, 1.82) is 0 Å². The quantitative estimate of drug-likeness (QED) is 0.365. The fraction of sp³-hybridized carbons (Fsp3) is 0.367. The smallest absolute Gasteiger partial charge is 0.254 e. The molecule has 2 fully saturated rings. The van der Waals surface area contributed by atoms with Gasteiger partial charge in [-0.05, 0) is 84.5 Å². The van der Waals surface area contributed by atoms with Crippen LogP contribution in [0.3, 0.4) is 0 Å². The lowest BCUT2D eigenvalue weighted by Gasteiger charge is -2.28. The minimum absolute atomic E-state index is 0.0188. The molecule has 1 atom stereocenters. The zero-order valence-corrected chi connectivity index (χ0v) is 22.5. The van der Waals surface area contributed by atoms with Gasteiger partial charge in [-0.1, -0.05) is 19.1 Å². The number of nitrogens with zero attached hydrogens (tertiary/aromatic N) is 2. The van der Waals surface area contributed by atoms with Crippen LogP contribution in [-0.4, -0.2) is 61.9 Å². The van der Waals surface area contributed by atoms with Crippen molar-refractivity contribution < 1.29 is 13.7 Å². The van der Waals surface area contributed by atoms with E-state index in [0.717, 1.165) is 68.3 Å². The van der Waals surface area contributed by atoms with Gasteiger partial charge < -0.3 is 14.6 Å². The van der Waals surface area contributed by atoms with Crippen LogP contribution in [0.5, 0.6) is 0 Å². The molecule has 6 rings (SSSR count). The molecule has 1 saturated carbocycles. The summed E-state index contributed by atoms with van der Waals surface area (Å²) in [6, 6.07) is 12.4. The van der Waals surface area contributed by atoms with Gasteiger partial charge in [-0.25, -0.2) is 4.98 Å². The second-order valence-corrected chi connectivity index (χ2v) is 13.1. The van der Waals surface area contributed by atoms with E-state index < -0.39 is 9.52 Å². The number of ether oxygens (including phenoxy) is 1. The van der Waals surface area contributed by atoms with Crippen molar-refractivity contribution in [2.75, 3.05) is 32.1 Å². The van der Waals surface area contributed by atoms with Crippen LogP contribution in [0.2, 0.25) is 0 Å². The van der Waals surface area contributed by atoms with Crippen molar-refractivity contribution in [1.82, 2.24) is 14.9 Å². The van der Waals surface area contributed by atoms with Crippen molar-refractivity contribution in [3.05, 3.63) is 59.3 Å². The number of benzene rings is 2. The Hall–Kier alpha value is -3.16. The molecular formula is C30H33N3O3S. The molecule has 2 aromatic carbocycles. The maximum atomic E-state index is 14.1. The number of morpholine rings is 1. The molecule has 4 aromatic rings. The van der Waals surface area contributed by atoms with E-state index in [1.165, 1.54) is 4.86 Å². The Morgan fingerprint density at radius 1 is 1.14 bits per heavy atom. The van der Waals surface area contributed by atoms with Crippen LogP contribution < -0.4 is 0 Å². The van der Waals surface area contributed by atoms with E-state index in [2.05, 4.69) is 28.2 Å². The minimum atomic E-state index is -2.21. The number of carbonyl (C=O) groups is 1. The lowest BCUT2D eigenvalue weighted by molar-refractivity contribution is 0.0302. The molecule has 0 bridgehead atoms. The van der Waals surface area contributed by atoms with Gasteiger partial charge in [-0.2, -0.15) is 0 Å². The SMILES string of the molecule is CCS(=O)(=C1CCC1)c1cccc(-c2cc(C(=O)N3CCOCC3)c(C)c3[nH]c4ncc(C)cc4c23)c1. The number of rotatable bonds is 4. The maximum absolute atomic E-state index is 14.1. The molecule has 1 aliphatic heterocycles. The number of nitrogens with one attached hydrogen (secondary N) is 1. The summed E-state index contributed by atoms with van der Waals surface area (Å²) >= 11 is 0. The van der Waals surface area contributed by atoms with Crippen LogP contribution in [0.25, 0.3) is 33.1 Å². The summed E-state index contributed by atoms with van der Waals surface area (Å²) in [6.45, 7) is 8.37. The first-order valence-electron chi connectivity index (χ1n) is 13.2. The Morgan fingerprint density at radius 2 is 1.92 bits per heavy atom. The van der Waals surface area contributed by atoms with E-state index in [1.807, 2.05) is 50.1 Å². The number of aryl methyl sites for hydroxylation is 2. The highest BCUT2D eigenvalue weighted by molar-refractivity contribution is 8.02. The monoisotopic (exact) mass is 515 g/mol. The van der Waals surface area contributed by atoms with Gasteiger partial charge in [0.25, 0.3) is 5.91 Å². The molecule has 7 heteroatoms. The predicted molar refractivity (Wildman–Crippen MR) is 151 cm³/mol. The Balaban J connectivity index is 1.62. The summed E-state index contributed by atoms with van der Waals surface area (Å²) in [5.74, 6) is 0.636. The molecule has 3 heterocycles. The maximum Gasteiger partial charge on any atom is 0.254 e. The number of hydrogen-bond donors (Lipinski definition) is 1. The summed E-state index contributed by atoms with van der Waals surface area (Å²) in [7, 11) is -2.21. The predicted octanol–water partition coefficient (Wildman–Crippen LogP) is 5.49. The fourth-order valence-corrected chi connectivity index (χ4v) is 8.28. The van der Waals surface area contributed by atoms with Crippen molar-refractivity contribution in [3.8, 4) is 11.1 Å². The van der Waals surface area contributed by atoms with Crippen molar-refractivity contribution in [3.63, 3.8) is 0 Å². The molecule has 1 unspecified atom stereocenters. The van der Waals surface area contributed by atoms with Gasteiger partial charge in [-0.3, -0.25) is 9.00 Å². The third kappa shape index (κ3) is 3.96. The molecule has 37 heavy (non-hydrogen) atoms. The van der Waals surface area contributed by atoms with Crippen molar-refractivity contribution >= 4 is 42.2 Å². The molecule has 1 amide bonds. The number of aromatic amines is 1. The third-order valence-corrected chi connectivity index (χ3v) is 11.1. The zero-order valence-electron chi connectivity index (χ0n) is 21.7. The van der Waals surface area contributed by atoms with E-state index >= 15 is 0 Å². The van der Waals surface area contributed by atoms with Crippen LogP contribution >= 0.6 is 0 Å². The highest BCUT2D eigenvalue weighted by Gasteiger charge is 2.26. The highest BCUT2D eigenvalue weighted by atomic mass is 32.2. The van der Waals surface area contributed by atoms with Crippen LogP contribution in [0, 0.1) is 13.8 Å². The second-order valence-electron chi connectivity index (χ2n) is 10.2. The van der Waals surface area contributed by atoms with Gasteiger partial charge in [0, 0.05) is 55.8 Å². The molecule has 2 aliphatic rings. The summed E-state index contributed by atoms with van der Waals surface area (Å²) in [5, 5.41) is 2.09. The average molecular weight is 516 g/mol. The number of H-pyrrole nitrogens is 1. The molecule has 2 aromatic heterocycles. The Kier molecular flexibility index (Phi) is 6.08. The number of amides is 1. The van der Waals surface area contributed by atoms with E-state index in [0.29, 0.717) is 37.6 Å². The standard InChI is InChI=1S/C30H33N3O3S/c1-4-37(35,22-8-6-9-22)23-10-5-7-21(16-23)25-17-24(30(34)33-11-13-36-14-12-33)20(3)28-27(25)26-15-19(2)18-31-29(26)32-28/h5,7,10,15-18H,4,6,8-9,11-14H2,1-3H3,(H,31,32). The molecule has 0 spiro atoms.